The zero-order valence-corrected chi connectivity index (χ0v) is 18.2. The van der Waals surface area contributed by atoms with Crippen molar-refractivity contribution in [3.05, 3.63) is 64.1 Å². The summed E-state index contributed by atoms with van der Waals surface area (Å²) < 4.78 is 6.34. The van der Waals surface area contributed by atoms with E-state index in [9.17, 15) is 9.59 Å². The second kappa shape index (κ2) is 10.4. The van der Waals surface area contributed by atoms with Crippen LogP contribution >= 0.6 is 15.9 Å². The van der Waals surface area contributed by atoms with E-state index in [2.05, 4.69) is 32.2 Å². The molecule has 1 fully saturated rings. The second-order valence-corrected chi connectivity index (χ2v) is 7.90. The molecule has 7 heteroatoms. The fraction of sp³-hybridized carbons (Fsp3) is 0.364. The maximum atomic E-state index is 12.5. The Labute approximate surface area is 180 Å². The van der Waals surface area contributed by atoms with Crippen molar-refractivity contribution < 1.29 is 14.3 Å². The van der Waals surface area contributed by atoms with Crippen LogP contribution in [-0.4, -0.2) is 61.4 Å². The minimum absolute atomic E-state index is 0.0815. The zero-order valence-electron chi connectivity index (χ0n) is 16.6. The second-order valence-electron chi connectivity index (χ2n) is 6.98. The number of nitrogens with one attached hydrogen (secondary N) is 1. The van der Waals surface area contributed by atoms with Crippen molar-refractivity contribution in [2.24, 2.45) is 0 Å². The number of para-hydroxylation sites is 1. The summed E-state index contributed by atoms with van der Waals surface area (Å²) in [5, 5.41) is 2.82. The summed E-state index contributed by atoms with van der Waals surface area (Å²) in [4.78, 5) is 28.8. The van der Waals surface area contributed by atoms with E-state index in [0.717, 1.165) is 35.4 Å². The third kappa shape index (κ3) is 6.05. The van der Waals surface area contributed by atoms with Crippen molar-refractivity contribution >= 4 is 27.7 Å². The Hall–Kier alpha value is -2.38. The lowest BCUT2D eigenvalue weighted by Gasteiger charge is -2.35. The molecule has 0 unspecified atom stereocenters. The number of hydrogen-bond donors (Lipinski definition) is 1. The summed E-state index contributed by atoms with van der Waals surface area (Å²) in [6.45, 7) is 4.22. The first-order valence-corrected chi connectivity index (χ1v) is 10.5. The van der Waals surface area contributed by atoms with Crippen molar-refractivity contribution in [1.82, 2.24) is 15.1 Å². The van der Waals surface area contributed by atoms with Gasteiger partial charge in [-0.3, -0.25) is 14.5 Å². The number of methoxy groups -OCH3 is 1. The smallest absolute Gasteiger partial charge is 0.251 e. The van der Waals surface area contributed by atoms with Gasteiger partial charge in [-0.1, -0.05) is 34.1 Å². The monoisotopic (exact) mass is 459 g/mol. The number of ether oxygens (including phenoxy) is 1. The van der Waals surface area contributed by atoms with E-state index in [0.29, 0.717) is 31.6 Å². The summed E-state index contributed by atoms with van der Waals surface area (Å²) >= 11 is 3.35. The molecule has 3 rings (SSSR count). The van der Waals surface area contributed by atoms with Crippen LogP contribution < -0.4 is 10.1 Å². The number of carbonyl (C=O) groups is 2. The molecule has 29 heavy (non-hydrogen) atoms. The van der Waals surface area contributed by atoms with Gasteiger partial charge in [0.15, 0.2) is 0 Å². The van der Waals surface area contributed by atoms with Crippen LogP contribution in [0.4, 0.5) is 0 Å². The Kier molecular flexibility index (Phi) is 7.66. The number of carbonyl (C=O) groups excluding carboxylic acids is 2. The summed E-state index contributed by atoms with van der Waals surface area (Å²) in [6.07, 6.45) is 0.314. The molecule has 0 aliphatic carbocycles. The van der Waals surface area contributed by atoms with Gasteiger partial charge >= 0.3 is 0 Å². The summed E-state index contributed by atoms with van der Waals surface area (Å²) in [5.74, 6) is 0.817. The Morgan fingerprint density at radius 3 is 2.41 bits per heavy atom. The van der Waals surface area contributed by atoms with E-state index in [4.69, 9.17) is 4.74 Å². The molecule has 1 N–H and O–H groups in total. The number of nitrogens with zero attached hydrogens (tertiary/aromatic N) is 2. The lowest BCUT2D eigenvalue weighted by Crippen LogP contribution is -2.48. The van der Waals surface area contributed by atoms with E-state index in [1.807, 2.05) is 35.2 Å². The molecule has 1 aliphatic rings. The van der Waals surface area contributed by atoms with Gasteiger partial charge in [0.25, 0.3) is 5.91 Å². The molecule has 0 bridgehead atoms. The number of piperazine rings is 1. The molecule has 2 aromatic rings. The number of rotatable bonds is 7. The Bertz CT molecular complexity index is 833. The maximum absolute atomic E-state index is 12.5. The van der Waals surface area contributed by atoms with Crippen molar-refractivity contribution in [2.45, 2.75) is 13.0 Å². The van der Waals surface area contributed by atoms with Gasteiger partial charge in [0.1, 0.15) is 5.75 Å². The van der Waals surface area contributed by atoms with E-state index < -0.39 is 0 Å². The predicted molar refractivity (Wildman–Crippen MR) is 116 cm³/mol. The molecule has 0 saturated carbocycles. The summed E-state index contributed by atoms with van der Waals surface area (Å²) in [7, 11) is 1.69. The maximum Gasteiger partial charge on any atom is 0.251 e. The average molecular weight is 460 g/mol. The van der Waals surface area contributed by atoms with Gasteiger partial charge in [-0.15, -0.1) is 0 Å². The van der Waals surface area contributed by atoms with Gasteiger partial charge in [0.05, 0.1) is 7.11 Å². The summed E-state index contributed by atoms with van der Waals surface area (Å²) in [6, 6.07) is 15.2. The molecule has 0 aromatic heterocycles. The van der Waals surface area contributed by atoms with Crippen LogP contribution in [0.3, 0.4) is 0 Å². The van der Waals surface area contributed by atoms with E-state index in [-0.39, 0.29) is 11.8 Å². The highest BCUT2D eigenvalue weighted by molar-refractivity contribution is 9.10. The normalized spacial score (nSPS) is 14.5. The lowest BCUT2D eigenvalue weighted by atomic mass is 10.1. The number of benzene rings is 2. The van der Waals surface area contributed by atoms with Crippen LogP contribution in [0.5, 0.6) is 5.75 Å². The van der Waals surface area contributed by atoms with Crippen LogP contribution in [0.15, 0.2) is 53.0 Å². The predicted octanol–water partition coefficient (Wildman–Crippen LogP) is 2.92. The van der Waals surface area contributed by atoms with Gasteiger partial charge in [-0.2, -0.15) is 0 Å². The molecule has 1 heterocycles. The van der Waals surface area contributed by atoms with Crippen molar-refractivity contribution in [3.8, 4) is 5.75 Å². The van der Waals surface area contributed by atoms with Crippen LogP contribution in [0.2, 0.25) is 0 Å². The highest BCUT2D eigenvalue weighted by Crippen LogP contribution is 2.20. The Balaban J connectivity index is 1.39. The van der Waals surface area contributed by atoms with E-state index >= 15 is 0 Å². The largest absolute Gasteiger partial charge is 0.496 e. The first-order valence-electron chi connectivity index (χ1n) is 9.72. The Morgan fingerprint density at radius 1 is 1.03 bits per heavy atom. The molecule has 2 amide bonds. The molecule has 1 aliphatic heterocycles. The highest BCUT2D eigenvalue weighted by atomic mass is 79.9. The molecule has 0 spiro atoms. The van der Waals surface area contributed by atoms with Crippen LogP contribution in [-0.2, 0) is 11.3 Å². The highest BCUT2D eigenvalue weighted by Gasteiger charge is 2.21. The number of amides is 2. The third-order valence-corrected chi connectivity index (χ3v) is 5.57. The minimum atomic E-state index is -0.160. The minimum Gasteiger partial charge on any atom is -0.496 e. The zero-order chi connectivity index (χ0) is 20.6. The Morgan fingerprint density at radius 2 is 1.72 bits per heavy atom. The van der Waals surface area contributed by atoms with Gasteiger partial charge in [0.2, 0.25) is 5.91 Å². The first kappa shape index (κ1) is 21.3. The molecular formula is C22H26BrN3O3. The average Bonchev–Trinajstić information content (AvgIpc) is 2.75. The number of hydrogen-bond acceptors (Lipinski definition) is 4. The van der Waals surface area contributed by atoms with Gasteiger partial charge < -0.3 is 15.0 Å². The fourth-order valence-electron chi connectivity index (χ4n) is 3.37. The van der Waals surface area contributed by atoms with Gasteiger partial charge in [-0.05, 0) is 30.3 Å². The molecule has 6 nitrogen and oxygen atoms in total. The van der Waals surface area contributed by atoms with Crippen molar-refractivity contribution in [1.29, 1.82) is 0 Å². The SMILES string of the molecule is COc1ccccc1CN1CCN(C(=O)CCNC(=O)c2ccc(Br)cc2)CC1. The van der Waals surface area contributed by atoms with E-state index in [1.54, 1.807) is 19.2 Å². The lowest BCUT2D eigenvalue weighted by molar-refractivity contribution is -0.132. The number of halogens is 1. The quantitative estimate of drug-likeness (QED) is 0.691. The molecule has 0 radical (unpaired) electrons. The topological polar surface area (TPSA) is 61.9 Å². The summed E-state index contributed by atoms with van der Waals surface area (Å²) in [5.41, 5.74) is 1.75. The fourth-order valence-corrected chi connectivity index (χ4v) is 3.64. The van der Waals surface area contributed by atoms with Crippen LogP contribution in [0.25, 0.3) is 0 Å². The molecule has 2 aromatic carbocycles. The standard InChI is InChI=1S/C22H26BrN3O3/c1-29-20-5-3-2-4-18(20)16-25-12-14-26(15-13-25)21(27)10-11-24-22(28)17-6-8-19(23)9-7-17/h2-9H,10-16H2,1H3,(H,24,28). The van der Waals surface area contributed by atoms with Crippen LogP contribution in [0.1, 0.15) is 22.3 Å². The van der Waals surface area contributed by atoms with Crippen molar-refractivity contribution in [2.75, 3.05) is 39.8 Å². The van der Waals surface area contributed by atoms with Crippen LogP contribution in [0, 0.1) is 0 Å². The van der Waals surface area contributed by atoms with E-state index in [1.165, 1.54) is 0 Å². The third-order valence-electron chi connectivity index (χ3n) is 5.04. The molecular weight excluding hydrogens is 434 g/mol. The van der Waals surface area contributed by atoms with Crippen molar-refractivity contribution in [3.63, 3.8) is 0 Å². The molecule has 1 saturated heterocycles. The molecule has 154 valence electrons. The first-order chi connectivity index (χ1) is 14.1. The molecule has 0 atom stereocenters. The van der Waals surface area contributed by atoms with Gasteiger partial charge in [-0.25, -0.2) is 0 Å². The van der Waals surface area contributed by atoms with Gasteiger partial charge in [0, 0.05) is 61.3 Å².